The van der Waals surface area contributed by atoms with Gasteiger partial charge < -0.3 is 5.32 Å². The van der Waals surface area contributed by atoms with Gasteiger partial charge in [0.2, 0.25) is 0 Å². The van der Waals surface area contributed by atoms with Crippen LogP contribution in [0.5, 0.6) is 0 Å². The average Bonchev–Trinajstić information content (AvgIpc) is 3.12. The van der Waals surface area contributed by atoms with Gasteiger partial charge in [-0.2, -0.15) is 10.1 Å². The van der Waals surface area contributed by atoms with E-state index >= 15 is 0 Å². The molecule has 124 valence electrons. The summed E-state index contributed by atoms with van der Waals surface area (Å²) in [5.41, 5.74) is 1.75. The Balaban J connectivity index is 1.33. The predicted molar refractivity (Wildman–Crippen MR) is 95.4 cm³/mol. The van der Waals surface area contributed by atoms with E-state index in [-0.39, 0.29) is 5.91 Å². The Labute approximate surface area is 144 Å². The minimum absolute atomic E-state index is 0.0457. The van der Waals surface area contributed by atoms with Crippen LogP contribution < -0.4 is 5.32 Å². The molecule has 0 aliphatic carbocycles. The van der Waals surface area contributed by atoms with Gasteiger partial charge in [-0.05, 0) is 41.3 Å². The quantitative estimate of drug-likeness (QED) is 0.571. The first kappa shape index (κ1) is 15.3. The van der Waals surface area contributed by atoms with E-state index in [2.05, 4.69) is 20.4 Å². The third-order valence-electron chi connectivity index (χ3n) is 4.13. The molecule has 0 fully saturated rings. The highest BCUT2D eigenvalue weighted by Gasteiger charge is 2.06. The molecule has 6 heteroatoms. The second kappa shape index (κ2) is 6.68. The van der Waals surface area contributed by atoms with E-state index in [0.29, 0.717) is 17.9 Å². The van der Waals surface area contributed by atoms with Crippen LogP contribution in [0, 0.1) is 0 Å². The predicted octanol–water partition coefficient (Wildman–Crippen LogP) is 2.64. The van der Waals surface area contributed by atoms with Crippen LogP contribution in [0.4, 0.5) is 0 Å². The van der Waals surface area contributed by atoms with Gasteiger partial charge in [0.15, 0.2) is 0 Å². The molecule has 2 aromatic heterocycles. The molecule has 4 rings (SSSR count). The van der Waals surface area contributed by atoms with Gasteiger partial charge >= 0.3 is 0 Å². The van der Waals surface area contributed by atoms with Crippen molar-refractivity contribution in [3.8, 4) is 0 Å². The van der Waals surface area contributed by atoms with Crippen LogP contribution in [0.2, 0.25) is 0 Å². The molecule has 0 aliphatic rings. The second-order valence-corrected chi connectivity index (χ2v) is 5.89. The summed E-state index contributed by atoms with van der Waals surface area (Å²) in [7, 11) is 0. The molecule has 0 radical (unpaired) electrons. The van der Waals surface area contributed by atoms with Crippen LogP contribution >= 0.6 is 0 Å². The smallest absolute Gasteiger partial charge is 0.252 e. The Hall–Kier alpha value is -3.28. The standard InChI is InChI=1S/C19H17N5O/c25-18(17-8-7-15-5-1-2-6-16(15)10-17)20-9-3-4-14-11-21-19-22-13-23-24(19)12-14/h1-2,5-8,10-13H,3-4,9H2,(H,20,25). The number of nitrogens with one attached hydrogen (secondary N) is 1. The van der Waals surface area contributed by atoms with Crippen molar-refractivity contribution < 1.29 is 4.79 Å². The number of nitrogens with zero attached hydrogens (tertiary/aromatic N) is 4. The highest BCUT2D eigenvalue weighted by molar-refractivity contribution is 5.98. The third-order valence-corrected chi connectivity index (χ3v) is 4.13. The Morgan fingerprint density at radius 3 is 2.88 bits per heavy atom. The molecule has 0 saturated heterocycles. The molecule has 0 atom stereocenters. The van der Waals surface area contributed by atoms with Crippen molar-refractivity contribution in [1.82, 2.24) is 24.9 Å². The van der Waals surface area contributed by atoms with E-state index in [1.807, 2.05) is 48.7 Å². The summed E-state index contributed by atoms with van der Waals surface area (Å²) in [6.45, 7) is 0.612. The summed E-state index contributed by atoms with van der Waals surface area (Å²) >= 11 is 0. The summed E-state index contributed by atoms with van der Waals surface area (Å²) in [6.07, 6.45) is 6.85. The zero-order valence-electron chi connectivity index (χ0n) is 13.6. The molecular weight excluding hydrogens is 314 g/mol. The first-order chi connectivity index (χ1) is 12.3. The molecule has 0 bridgehead atoms. The molecule has 1 amide bonds. The van der Waals surface area contributed by atoms with Crippen LogP contribution in [0.1, 0.15) is 22.3 Å². The highest BCUT2D eigenvalue weighted by atomic mass is 16.1. The van der Waals surface area contributed by atoms with Crippen molar-refractivity contribution in [3.05, 3.63) is 72.3 Å². The van der Waals surface area contributed by atoms with Crippen LogP contribution in [0.15, 0.2) is 61.2 Å². The maximum absolute atomic E-state index is 12.3. The average molecular weight is 331 g/mol. The number of hydrogen-bond donors (Lipinski definition) is 1. The van der Waals surface area contributed by atoms with E-state index in [1.54, 1.807) is 10.7 Å². The van der Waals surface area contributed by atoms with Gasteiger partial charge in [-0.25, -0.2) is 9.50 Å². The minimum atomic E-state index is -0.0457. The molecule has 6 nitrogen and oxygen atoms in total. The van der Waals surface area contributed by atoms with Gasteiger partial charge in [0.25, 0.3) is 11.7 Å². The lowest BCUT2D eigenvalue weighted by Crippen LogP contribution is -2.24. The minimum Gasteiger partial charge on any atom is -0.352 e. The lowest BCUT2D eigenvalue weighted by molar-refractivity contribution is 0.0953. The van der Waals surface area contributed by atoms with E-state index in [1.165, 1.54) is 6.33 Å². The van der Waals surface area contributed by atoms with Gasteiger partial charge in [-0.1, -0.05) is 30.3 Å². The summed E-state index contributed by atoms with van der Waals surface area (Å²) in [4.78, 5) is 20.5. The van der Waals surface area contributed by atoms with Gasteiger partial charge in [0, 0.05) is 24.5 Å². The largest absolute Gasteiger partial charge is 0.352 e. The van der Waals surface area contributed by atoms with Crippen molar-refractivity contribution in [1.29, 1.82) is 0 Å². The molecular formula is C19H17N5O. The second-order valence-electron chi connectivity index (χ2n) is 5.89. The van der Waals surface area contributed by atoms with Crippen molar-refractivity contribution in [2.45, 2.75) is 12.8 Å². The van der Waals surface area contributed by atoms with Crippen LogP contribution in [-0.2, 0) is 6.42 Å². The number of aryl methyl sites for hydroxylation is 1. The molecule has 0 unspecified atom stereocenters. The number of rotatable bonds is 5. The number of carbonyl (C=O) groups excluding carboxylic acids is 1. The maximum atomic E-state index is 12.3. The highest BCUT2D eigenvalue weighted by Crippen LogP contribution is 2.15. The Morgan fingerprint density at radius 2 is 1.96 bits per heavy atom. The topological polar surface area (TPSA) is 72.2 Å². The van der Waals surface area contributed by atoms with Gasteiger partial charge in [0.05, 0.1) is 0 Å². The summed E-state index contributed by atoms with van der Waals surface area (Å²) in [6, 6.07) is 13.8. The molecule has 4 aromatic rings. The first-order valence-corrected chi connectivity index (χ1v) is 8.21. The Bertz CT molecular complexity index is 1040. The lowest BCUT2D eigenvalue weighted by Gasteiger charge is -2.06. The number of hydrogen-bond acceptors (Lipinski definition) is 4. The number of fused-ring (bicyclic) bond motifs is 2. The van der Waals surface area contributed by atoms with E-state index in [0.717, 1.165) is 29.2 Å². The van der Waals surface area contributed by atoms with Gasteiger partial charge in [0.1, 0.15) is 6.33 Å². The van der Waals surface area contributed by atoms with Gasteiger partial charge in [-0.3, -0.25) is 4.79 Å². The SMILES string of the molecule is O=C(NCCCc1cnc2ncnn2c1)c1ccc2ccccc2c1. The van der Waals surface area contributed by atoms with E-state index < -0.39 is 0 Å². The maximum Gasteiger partial charge on any atom is 0.252 e. The van der Waals surface area contributed by atoms with Crippen molar-refractivity contribution in [2.24, 2.45) is 0 Å². The molecule has 25 heavy (non-hydrogen) atoms. The molecule has 0 spiro atoms. The molecule has 1 N–H and O–H groups in total. The third kappa shape index (κ3) is 3.33. The monoisotopic (exact) mass is 331 g/mol. The van der Waals surface area contributed by atoms with Crippen molar-refractivity contribution >= 4 is 22.5 Å². The van der Waals surface area contributed by atoms with Crippen LogP contribution in [0.3, 0.4) is 0 Å². The first-order valence-electron chi connectivity index (χ1n) is 8.21. The summed E-state index contributed by atoms with van der Waals surface area (Å²) in [5.74, 6) is 0.545. The summed E-state index contributed by atoms with van der Waals surface area (Å²) < 4.78 is 1.66. The van der Waals surface area contributed by atoms with E-state index in [9.17, 15) is 4.79 Å². The molecule has 0 aliphatic heterocycles. The zero-order valence-corrected chi connectivity index (χ0v) is 13.6. The van der Waals surface area contributed by atoms with Crippen molar-refractivity contribution in [3.63, 3.8) is 0 Å². The molecule has 2 heterocycles. The summed E-state index contributed by atoms with van der Waals surface area (Å²) in [5, 5.41) is 9.25. The van der Waals surface area contributed by atoms with Crippen molar-refractivity contribution in [2.75, 3.05) is 6.54 Å². The Morgan fingerprint density at radius 1 is 1.08 bits per heavy atom. The number of amides is 1. The van der Waals surface area contributed by atoms with E-state index in [4.69, 9.17) is 0 Å². The number of benzene rings is 2. The van der Waals surface area contributed by atoms with Gasteiger partial charge in [-0.15, -0.1) is 0 Å². The Kier molecular flexibility index (Phi) is 4.08. The van der Waals surface area contributed by atoms with Crippen LogP contribution in [0.25, 0.3) is 16.6 Å². The fraction of sp³-hybridized carbons (Fsp3) is 0.158. The molecule has 2 aromatic carbocycles. The normalized spacial score (nSPS) is 11.0. The molecule has 0 saturated carbocycles. The number of carbonyl (C=O) groups is 1. The van der Waals surface area contributed by atoms with Crippen LogP contribution in [-0.4, -0.2) is 32.0 Å². The number of aromatic nitrogens is 4. The zero-order chi connectivity index (χ0) is 17.1. The fourth-order valence-corrected chi connectivity index (χ4v) is 2.81. The fourth-order valence-electron chi connectivity index (χ4n) is 2.81. The lowest BCUT2D eigenvalue weighted by atomic mass is 10.1.